The molecule has 2 fully saturated rings. The lowest BCUT2D eigenvalue weighted by atomic mass is 9.73. The number of nitrogens with one attached hydrogen (secondary N) is 1. The van der Waals surface area contributed by atoms with Gasteiger partial charge in [0.2, 0.25) is 11.8 Å². The van der Waals surface area contributed by atoms with Gasteiger partial charge in [-0.2, -0.15) is 5.26 Å². The number of carbonyl (C=O) groups is 3. The molecule has 1 atom stereocenters. The zero-order valence-corrected chi connectivity index (χ0v) is 20.5. The number of hydrogen-bond acceptors (Lipinski definition) is 6. The summed E-state index contributed by atoms with van der Waals surface area (Å²) < 4.78 is 6.12. The van der Waals surface area contributed by atoms with Crippen LogP contribution in [-0.2, 0) is 21.5 Å². The highest BCUT2D eigenvalue weighted by Gasteiger charge is 2.40. The van der Waals surface area contributed by atoms with Crippen LogP contribution in [0.4, 0.5) is 0 Å². The smallest absolute Gasteiger partial charge is 0.255 e. The minimum absolute atomic E-state index is 0.204. The molecule has 8 heteroatoms. The summed E-state index contributed by atoms with van der Waals surface area (Å²) in [5, 5.41) is 12.3. The van der Waals surface area contributed by atoms with Crippen molar-refractivity contribution in [3.63, 3.8) is 0 Å². The number of nitrogens with zero attached hydrogens (tertiary/aromatic N) is 3. The van der Waals surface area contributed by atoms with Crippen LogP contribution in [0.5, 0.6) is 5.75 Å². The molecule has 3 heterocycles. The van der Waals surface area contributed by atoms with E-state index in [0.717, 1.165) is 43.6 Å². The summed E-state index contributed by atoms with van der Waals surface area (Å²) in [5.41, 5.74) is 3.17. The summed E-state index contributed by atoms with van der Waals surface area (Å²) in [6, 6.07) is 15.6. The monoisotopic (exact) mass is 486 g/mol. The van der Waals surface area contributed by atoms with Gasteiger partial charge in [-0.15, -0.1) is 0 Å². The highest BCUT2D eigenvalue weighted by molar-refractivity contribution is 6.05. The van der Waals surface area contributed by atoms with Crippen LogP contribution >= 0.6 is 0 Å². The predicted octanol–water partition coefficient (Wildman–Crippen LogP) is 2.69. The van der Waals surface area contributed by atoms with E-state index in [1.54, 1.807) is 12.1 Å². The number of nitriles is 1. The Hall–Kier alpha value is -3.70. The maximum atomic E-state index is 13.0. The molecule has 2 saturated heterocycles. The molecule has 3 amide bonds. The highest BCUT2D eigenvalue weighted by atomic mass is 16.5. The first kappa shape index (κ1) is 24.0. The third-order valence-electron chi connectivity index (χ3n) is 7.70. The number of fused-ring (bicyclic) bond motifs is 1. The van der Waals surface area contributed by atoms with Crippen LogP contribution < -0.4 is 10.1 Å². The molecule has 0 aromatic heterocycles. The number of amides is 3. The van der Waals surface area contributed by atoms with Crippen molar-refractivity contribution in [2.24, 2.45) is 0 Å². The van der Waals surface area contributed by atoms with E-state index >= 15 is 0 Å². The van der Waals surface area contributed by atoms with Crippen molar-refractivity contribution in [2.45, 2.75) is 50.6 Å². The van der Waals surface area contributed by atoms with Crippen LogP contribution in [0.25, 0.3) is 0 Å². The zero-order valence-electron chi connectivity index (χ0n) is 20.5. The van der Waals surface area contributed by atoms with E-state index in [1.165, 1.54) is 10.5 Å². The van der Waals surface area contributed by atoms with Crippen molar-refractivity contribution in [2.75, 3.05) is 26.2 Å². The van der Waals surface area contributed by atoms with Gasteiger partial charge < -0.3 is 9.64 Å². The summed E-state index contributed by atoms with van der Waals surface area (Å²) in [5.74, 6) is -0.268. The standard InChI is InChI=1S/C28H30N4O4/c1-19-4-2-5-20(16-19)28(18-29)10-12-31(13-11-28)14-15-36-24-7-3-6-21-22(24)17-32(27(21)35)23-8-9-25(33)30-26(23)34/h2-7,16,23H,8-15,17H2,1H3,(H,30,33,34). The molecule has 5 rings (SSSR count). The first-order valence-electron chi connectivity index (χ1n) is 12.5. The number of ether oxygens (including phenoxy) is 1. The largest absolute Gasteiger partial charge is 0.492 e. The van der Waals surface area contributed by atoms with Crippen LogP contribution in [0.1, 0.15) is 52.7 Å². The maximum absolute atomic E-state index is 13.0. The van der Waals surface area contributed by atoms with Gasteiger partial charge in [-0.05, 0) is 43.9 Å². The van der Waals surface area contributed by atoms with Gasteiger partial charge in [0.1, 0.15) is 18.4 Å². The van der Waals surface area contributed by atoms with Crippen molar-refractivity contribution >= 4 is 17.7 Å². The van der Waals surface area contributed by atoms with Crippen LogP contribution in [0.2, 0.25) is 0 Å². The third kappa shape index (κ3) is 4.47. The molecule has 2 aromatic rings. The Labute approximate surface area is 210 Å². The van der Waals surface area contributed by atoms with E-state index in [9.17, 15) is 19.6 Å². The fourth-order valence-corrected chi connectivity index (χ4v) is 5.54. The summed E-state index contributed by atoms with van der Waals surface area (Å²) in [6.45, 7) is 5.18. The molecular formula is C28H30N4O4. The molecule has 0 saturated carbocycles. The normalized spacial score (nSPS) is 21.6. The highest BCUT2D eigenvalue weighted by Crippen LogP contribution is 2.36. The molecule has 0 bridgehead atoms. The molecule has 0 spiro atoms. The lowest BCUT2D eigenvalue weighted by molar-refractivity contribution is -0.136. The van der Waals surface area contributed by atoms with Crippen molar-refractivity contribution in [1.29, 1.82) is 5.26 Å². The maximum Gasteiger partial charge on any atom is 0.255 e. The molecule has 2 aromatic carbocycles. The molecule has 8 nitrogen and oxygen atoms in total. The molecule has 1 N–H and O–H groups in total. The average Bonchev–Trinajstić information content (AvgIpc) is 3.21. The van der Waals surface area contributed by atoms with E-state index in [-0.39, 0.29) is 18.2 Å². The Bertz CT molecular complexity index is 1240. The second-order valence-electron chi connectivity index (χ2n) is 9.94. The Morgan fingerprint density at radius 1 is 1.14 bits per heavy atom. The fraction of sp³-hybridized carbons (Fsp3) is 0.429. The number of imide groups is 1. The molecule has 3 aliphatic rings. The van der Waals surface area contributed by atoms with E-state index in [0.29, 0.717) is 30.9 Å². The van der Waals surface area contributed by atoms with E-state index in [4.69, 9.17) is 4.74 Å². The summed E-state index contributed by atoms with van der Waals surface area (Å²) in [4.78, 5) is 40.7. The first-order valence-corrected chi connectivity index (χ1v) is 12.5. The number of piperidine rings is 2. The van der Waals surface area contributed by atoms with Crippen molar-refractivity contribution in [3.8, 4) is 11.8 Å². The minimum Gasteiger partial charge on any atom is -0.492 e. The zero-order chi connectivity index (χ0) is 25.3. The number of rotatable bonds is 6. The van der Waals surface area contributed by atoms with E-state index < -0.39 is 17.4 Å². The van der Waals surface area contributed by atoms with Gasteiger partial charge in [-0.1, -0.05) is 35.9 Å². The van der Waals surface area contributed by atoms with Crippen molar-refractivity contribution in [1.82, 2.24) is 15.1 Å². The lowest BCUT2D eigenvalue weighted by Gasteiger charge is -2.37. The fourth-order valence-electron chi connectivity index (χ4n) is 5.54. The Balaban J connectivity index is 1.18. The molecule has 3 aliphatic heterocycles. The summed E-state index contributed by atoms with van der Waals surface area (Å²) in [6.07, 6.45) is 2.13. The first-order chi connectivity index (χ1) is 17.4. The van der Waals surface area contributed by atoms with Crippen LogP contribution in [0, 0.1) is 18.3 Å². The lowest BCUT2D eigenvalue weighted by Crippen LogP contribution is -2.52. The molecule has 36 heavy (non-hydrogen) atoms. The average molecular weight is 487 g/mol. The van der Waals surface area contributed by atoms with Crippen molar-refractivity contribution < 1.29 is 19.1 Å². The number of hydrogen-bond donors (Lipinski definition) is 1. The van der Waals surface area contributed by atoms with Crippen LogP contribution in [-0.4, -0.2) is 59.8 Å². The SMILES string of the molecule is Cc1cccc(C2(C#N)CCN(CCOc3cccc4c3CN(C3CCC(=O)NC3=O)C4=O)CC2)c1. The topological polar surface area (TPSA) is 103 Å². The van der Waals surface area contributed by atoms with Crippen molar-refractivity contribution in [3.05, 3.63) is 64.7 Å². The van der Waals surface area contributed by atoms with E-state index in [1.807, 2.05) is 12.1 Å². The molecule has 0 radical (unpaired) electrons. The Kier molecular flexibility index (Phi) is 6.50. The number of aryl methyl sites for hydroxylation is 1. The third-order valence-corrected chi connectivity index (χ3v) is 7.70. The van der Waals surface area contributed by atoms with Gasteiger partial charge in [0.05, 0.1) is 18.0 Å². The van der Waals surface area contributed by atoms with Gasteiger partial charge >= 0.3 is 0 Å². The van der Waals surface area contributed by atoms with Gasteiger partial charge in [-0.3, -0.25) is 24.6 Å². The Morgan fingerprint density at radius 3 is 2.64 bits per heavy atom. The van der Waals surface area contributed by atoms with E-state index in [2.05, 4.69) is 41.4 Å². The Morgan fingerprint density at radius 2 is 1.92 bits per heavy atom. The van der Waals surface area contributed by atoms with Crippen LogP contribution in [0.15, 0.2) is 42.5 Å². The molecule has 0 aliphatic carbocycles. The van der Waals surface area contributed by atoms with Gasteiger partial charge in [0, 0.05) is 37.2 Å². The second kappa shape index (κ2) is 9.75. The molecule has 186 valence electrons. The second-order valence-corrected chi connectivity index (χ2v) is 9.94. The molecule has 1 unspecified atom stereocenters. The minimum atomic E-state index is -0.641. The van der Waals surface area contributed by atoms with Crippen LogP contribution in [0.3, 0.4) is 0 Å². The van der Waals surface area contributed by atoms with Gasteiger partial charge in [-0.25, -0.2) is 0 Å². The van der Waals surface area contributed by atoms with Gasteiger partial charge in [0.25, 0.3) is 5.91 Å². The predicted molar refractivity (Wildman–Crippen MR) is 132 cm³/mol. The molecular weight excluding hydrogens is 456 g/mol. The summed E-state index contributed by atoms with van der Waals surface area (Å²) in [7, 11) is 0. The number of likely N-dealkylation sites (tertiary alicyclic amines) is 1. The number of carbonyl (C=O) groups excluding carboxylic acids is 3. The summed E-state index contributed by atoms with van der Waals surface area (Å²) >= 11 is 0. The quantitative estimate of drug-likeness (QED) is 0.630. The van der Waals surface area contributed by atoms with Gasteiger partial charge in [0.15, 0.2) is 0 Å². The number of benzene rings is 2.